The van der Waals surface area contributed by atoms with Gasteiger partial charge in [0.1, 0.15) is 0 Å². The molecule has 1 aromatic rings. The van der Waals surface area contributed by atoms with Crippen molar-refractivity contribution < 1.29 is 13.2 Å². The number of rotatable bonds is 4. The van der Waals surface area contributed by atoms with Crippen LogP contribution in [0, 0.1) is 6.92 Å². The van der Waals surface area contributed by atoms with Gasteiger partial charge in [0.2, 0.25) is 5.91 Å². The average molecular weight is 326 g/mol. The van der Waals surface area contributed by atoms with Gasteiger partial charge in [-0.1, -0.05) is 18.2 Å². The lowest BCUT2D eigenvalue weighted by Crippen LogP contribution is -2.55. The smallest absolute Gasteiger partial charge is 0.276 e. The SMILES string of the molecule is Cc1ccccc1NC(=O)C(C)N1CCN(S(N)(=O)=O)CC1. The third-order valence-corrected chi connectivity index (χ3v) is 5.05. The summed E-state index contributed by atoms with van der Waals surface area (Å²) in [6.45, 7) is 5.34. The maximum Gasteiger partial charge on any atom is 0.276 e. The molecule has 0 bridgehead atoms. The molecule has 122 valence electrons. The maximum atomic E-state index is 12.3. The highest BCUT2D eigenvalue weighted by molar-refractivity contribution is 7.86. The Morgan fingerprint density at radius 3 is 2.36 bits per heavy atom. The Morgan fingerprint density at radius 2 is 1.82 bits per heavy atom. The van der Waals surface area contributed by atoms with Crippen LogP contribution in [0.25, 0.3) is 0 Å². The molecule has 7 nitrogen and oxygen atoms in total. The van der Waals surface area contributed by atoms with Crippen molar-refractivity contribution in [2.75, 3.05) is 31.5 Å². The third kappa shape index (κ3) is 4.04. The summed E-state index contributed by atoms with van der Waals surface area (Å²) in [5.41, 5.74) is 1.80. The zero-order chi connectivity index (χ0) is 16.3. The zero-order valence-corrected chi connectivity index (χ0v) is 13.6. The topological polar surface area (TPSA) is 95.7 Å². The van der Waals surface area contributed by atoms with E-state index in [2.05, 4.69) is 5.32 Å². The first-order valence-electron chi connectivity index (χ1n) is 7.17. The quantitative estimate of drug-likeness (QED) is 0.823. The summed E-state index contributed by atoms with van der Waals surface area (Å²) in [6.07, 6.45) is 0. The molecule has 1 unspecified atom stereocenters. The number of aryl methyl sites for hydroxylation is 1. The van der Waals surface area contributed by atoms with E-state index >= 15 is 0 Å². The molecule has 0 aliphatic carbocycles. The Morgan fingerprint density at radius 1 is 1.23 bits per heavy atom. The van der Waals surface area contributed by atoms with Gasteiger partial charge in [0.05, 0.1) is 6.04 Å². The molecule has 1 atom stereocenters. The molecule has 1 saturated heterocycles. The van der Waals surface area contributed by atoms with Gasteiger partial charge in [-0.15, -0.1) is 0 Å². The van der Waals surface area contributed by atoms with E-state index in [0.29, 0.717) is 26.2 Å². The standard InChI is InChI=1S/C14H22N4O3S/c1-11-5-3-4-6-13(11)16-14(19)12(2)17-7-9-18(10-8-17)22(15,20)21/h3-6,12H,7-10H2,1-2H3,(H,16,19)(H2,15,20,21). The average Bonchev–Trinajstić information content (AvgIpc) is 2.48. The van der Waals surface area contributed by atoms with Gasteiger partial charge < -0.3 is 5.32 Å². The molecule has 1 heterocycles. The molecule has 0 aromatic heterocycles. The van der Waals surface area contributed by atoms with E-state index in [-0.39, 0.29) is 11.9 Å². The molecule has 1 amide bonds. The number of carbonyl (C=O) groups excluding carboxylic acids is 1. The van der Waals surface area contributed by atoms with Crippen molar-refractivity contribution in [3.8, 4) is 0 Å². The number of benzene rings is 1. The van der Waals surface area contributed by atoms with E-state index in [1.807, 2.05) is 43.0 Å². The third-order valence-electron chi connectivity index (χ3n) is 3.96. The van der Waals surface area contributed by atoms with Crippen molar-refractivity contribution in [3.05, 3.63) is 29.8 Å². The van der Waals surface area contributed by atoms with Gasteiger partial charge in [0.15, 0.2) is 0 Å². The largest absolute Gasteiger partial charge is 0.324 e. The Labute approximate surface area is 131 Å². The van der Waals surface area contributed by atoms with Crippen LogP contribution in [-0.2, 0) is 15.0 Å². The molecule has 2 rings (SSSR count). The van der Waals surface area contributed by atoms with Gasteiger partial charge in [-0.05, 0) is 25.5 Å². The summed E-state index contributed by atoms with van der Waals surface area (Å²) in [6, 6.07) is 7.26. The number of para-hydroxylation sites is 1. The molecule has 0 radical (unpaired) electrons. The van der Waals surface area contributed by atoms with Crippen LogP contribution < -0.4 is 10.5 Å². The lowest BCUT2D eigenvalue weighted by Gasteiger charge is -2.35. The summed E-state index contributed by atoms with van der Waals surface area (Å²) < 4.78 is 23.8. The number of anilines is 1. The molecule has 0 spiro atoms. The van der Waals surface area contributed by atoms with Crippen LogP contribution in [0.4, 0.5) is 5.69 Å². The van der Waals surface area contributed by atoms with E-state index in [1.54, 1.807) is 0 Å². The van der Waals surface area contributed by atoms with Crippen molar-refractivity contribution in [2.45, 2.75) is 19.9 Å². The molecule has 3 N–H and O–H groups in total. The number of amides is 1. The van der Waals surface area contributed by atoms with Crippen molar-refractivity contribution in [1.82, 2.24) is 9.21 Å². The first-order chi connectivity index (χ1) is 10.3. The second kappa shape index (κ2) is 6.74. The summed E-state index contributed by atoms with van der Waals surface area (Å²) >= 11 is 0. The van der Waals surface area contributed by atoms with Gasteiger partial charge in [-0.3, -0.25) is 9.69 Å². The first kappa shape index (κ1) is 16.9. The van der Waals surface area contributed by atoms with Crippen molar-refractivity contribution in [2.24, 2.45) is 5.14 Å². The summed E-state index contributed by atoms with van der Waals surface area (Å²) in [5.74, 6) is -0.0987. The van der Waals surface area contributed by atoms with Crippen LogP contribution in [0.3, 0.4) is 0 Å². The highest BCUT2D eigenvalue weighted by atomic mass is 32.2. The van der Waals surface area contributed by atoms with E-state index < -0.39 is 10.2 Å². The fraction of sp³-hybridized carbons (Fsp3) is 0.500. The fourth-order valence-electron chi connectivity index (χ4n) is 2.46. The lowest BCUT2D eigenvalue weighted by molar-refractivity contribution is -0.121. The number of carbonyl (C=O) groups is 1. The van der Waals surface area contributed by atoms with Crippen molar-refractivity contribution >= 4 is 21.8 Å². The van der Waals surface area contributed by atoms with Gasteiger partial charge in [-0.2, -0.15) is 12.7 Å². The normalized spacial score (nSPS) is 18.9. The van der Waals surface area contributed by atoms with Crippen molar-refractivity contribution in [1.29, 1.82) is 0 Å². The Hall–Kier alpha value is -1.48. The van der Waals surface area contributed by atoms with E-state index in [9.17, 15) is 13.2 Å². The Kier molecular flexibility index (Phi) is 5.17. The lowest BCUT2D eigenvalue weighted by atomic mass is 10.2. The predicted molar refractivity (Wildman–Crippen MR) is 85.5 cm³/mol. The van der Waals surface area contributed by atoms with Gasteiger partial charge >= 0.3 is 0 Å². The van der Waals surface area contributed by atoms with E-state index in [1.165, 1.54) is 4.31 Å². The minimum atomic E-state index is -3.64. The Bertz CT molecular complexity index is 639. The van der Waals surface area contributed by atoms with E-state index in [0.717, 1.165) is 11.3 Å². The van der Waals surface area contributed by atoms with Crippen molar-refractivity contribution in [3.63, 3.8) is 0 Å². The number of nitrogens with two attached hydrogens (primary N) is 1. The second-order valence-electron chi connectivity index (χ2n) is 5.46. The molecule has 1 aliphatic heterocycles. The number of hydrogen-bond acceptors (Lipinski definition) is 4. The van der Waals surface area contributed by atoms with Crippen LogP contribution in [0.5, 0.6) is 0 Å². The molecule has 1 aromatic carbocycles. The van der Waals surface area contributed by atoms with Crippen LogP contribution in [0.15, 0.2) is 24.3 Å². The summed E-state index contributed by atoms with van der Waals surface area (Å²) in [7, 11) is -3.64. The van der Waals surface area contributed by atoms with Gasteiger partial charge in [-0.25, -0.2) is 5.14 Å². The molecule has 1 aliphatic rings. The van der Waals surface area contributed by atoms with Crippen LogP contribution in [0.2, 0.25) is 0 Å². The zero-order valence-electron chi connectivity index (χ0n) is 12.8. The Balaban J connectivity index is 1.94. The predicted octanol–water partition coefficient (Wildman–Crippen LogP) is 0.143. The molecule has 22 heavy (non-hydrogen) atoms. The minimum absolute atomic E-state index is 0.0987. The number of hydrogen-bond donors (Lipinski definition) is 2. The summed E-state index contributed by atoms with van der Waals surface area (Å²) in [5, 5.41) is 8.02. The minimum Gasteiger partial charge on any atom is -0.324 e. The van der Waals surface area contributed by atoms with Gasteiger partial charge in [0, 0.05) is 31.9 Å². The molecule has 0 saturated carbocycles. The maximum absolute atomic E-state index is 12.3. The molecule has 1 fully saturated rings. The number of nitrogens with zero attached hydrogens (tertiary/aromatic N) is 2. The van der Waals surface area contributed by atoms with Crippen LogP contribution >= 0.6 is 0 Å². The van der Waals surface area contributed by atoms with Gasteiger partial charge in [0.25, 0.3) is 10.2 Å². The highest BCUT2D eigenvalue weighted by Gasteiger charge is 2.29. The highest BCUT2D eigenvalue weighted by Crippen LogP contribution is 2.15. The van der Waals surface area contributed by atoms with Crippen LogP contribution in [-0.4, -0.2) is 55.8 Å². The monoisotopic (exact) mass is 326 g/mol. The second-order valence-corrected chi connectivity index (χ2v) is 7.01. The number of piperazine rings is 1. The van der Waals surface area contributed by atoms with E-state index in [4.69, 9.17) is 5.14 Å². The van der Waals surface area contributed by atoms with Crippen LogP contribution in [0.1, 0.15) is 12.5 Å². The molecular formula is C14H22N4O3S. The first-order valence-corrected chi connectivity index (χ1v) is 8.68. The summed E-state index contributed by atoms with van der Waals surface area (Å²) in [4.78, 5) is 14.3. The molecular weight excluding hydrogens is 304 g/mol. The molecule has 8 heteroatoms. The number of nitrogens with one attached hydrogen (secondary N) is 1. The fourth-order valence-corrected chi connectivity index (χ4v) is 3.13.